The minimum Gasteiger partial charge on any atom is -0.479 e. The van der Waals surface area contributed by atoms with Gasteiger partial charge < -0.3 is 20.9 Å². The van der Waals surface area contributed by atoms with Crippen molar-refractivity contribution in [2.24, 2.45) is 5.73 Å². The first kappa shape index (κ1) is 14.5. The number of carboxylic acid groups (broad SMARTS) is 1. The number of amides is 1. The van der Waals surface area contributed by atoms with Crippen molar-refractivity contribution in [3.63, 3.8) is 0 Å². The maximum Gasteiger partial charge on any atom is 0.333 e. The van der Waals surface area contributed by atoms with E-state index < -0.39 is 23.0 Å². The predicted molar refractivity (Wildman–Crippen MR) is 71.9 cm³/mol. The van der Waals surface area contributed by atoms with Gasteiger partial charge in [-0.2, -0.15) is 0 Å². The molecule has 4 N–H and O–H groups in total. The van der Waals surface area contributed by atoms with Crippen molar-refractivity contribution in [1.82, 2.24) is 5.32 Å². The number of carboxylic acids is 1. The van der Waals surface area contributed by atoms with E-state index in [1.807, 2.05) is 0 Å². The second kappa shape index (κ2) is 5.22. The van der Waals surface area contributed by atoms with E-state index in [-0.39, 0.29) is 6.61 Å². The average Bonchev–Trinajstić information content (AvgIpc) is 2.87. The summed E-state index contributed by atoms with van der Waals surface area (Å²) in [6.45, 7) is 1.95. The molecule has 1 aliphatic heterocycles. The Morgan fingerprint density at radius 1 is 1.40 bits per heavy atom. The standard InChI is InChI=1S/C14H18N2O4/c1-13(12(18)19,10-5-3-2-4-6-10)16-11(17)14(15)7-8-20-9-14/h2-6H,7-9,15H2,1H3,(H,16,17)(H,18,19). The molecule has 108 valence electrons. The molecule has 0 aliphatic carbocycles. The molecular formula is C14H18N2O4. The summed E-state index contributed by atoms with van der Waals surface area (Å²) in [6.07, 6.45) is 0.378. The number of hydrogen-bond acceptors (Lipinski definition) is 4. The number of ether oxygens (including phenoxy) is 1. The number of nitrogens with two attached hydrogens (primary N) is 1. The highest BCUT2D eigenvalue weighted by Gasteiger charge is 2.44. The molecule has 0 radical (unpaired) electrons. The Bertz CT molecular complexity index is 511. The summed E-state index contributed by atoms with van der Waals surface area (Å²) in [7, 11) is 0. The van der Waals surface area contributed by atoms with Gasteiger partial charge in [0.1, 0.15) is 5.54 Å². The molecule has 20 heavy (non-hydrogen) atoms. The van der Waals surface area contributed by atoms with Crippen molar-refractivity contribution < 1.29 is 19.4 Å². The summed E-state index contributed by atoms with van der Waals surface area (Å²) in [5.74, 6) is -1.65. The van der Waals surface area contributed by atoms with Crippen LogP contribution in [-0.2, 0) is 19.9 Å². The molecule has 2 unspecified atom stereocenters. The Balaban J connectivity index is 2.26. The zero-order valence-electron chi connectivity index (χ0n) is 11.3. The van der Waals surface area contributed by atoms with Gasteiger partial charge in [-0.25, -0.2) is 4.79 Å². The van der Waals surface area contributed by atoms with Gasteiger partial charge in [-0.3, -0.25) is 4.79 Å². The highest BCUT2D eigenvalue weighted by Crippen LogP contribution is 2.24. The molecule has 1 heterocycles. The molecule has 0 spiro atoms. The Kier molecular flexibility index (Phi) is 3.78. The van der Waals surface area contributed by atoms with E-state index in [0.717, 1.165) is 0 Å². The first-order valence-corrected chi connectivity index (χ1v) is 6.37. The van der Waals surface area contributed by atoms with Crippen LogP contribution in [0.1, 0.15) is 18.9 Å². The van der Waals surface area contributed by atoms with Crippen molar-refractivity contribution in [2.75, 3.05) is 13.2 Å². The van der Waals surface area contributed by atoms with Crippen LogP contribution in [0.25, 0.3) is 0 Å². The zero-order chi connectivity index (χ0) is 14.8. The lowest BCUT2D eigenvalue weighted by molar-refractivity contribution is -0.148. The summed E-state index contributed by atoms with van der Waals surface area (Å²) >= 11 is 0. The topological polar surface area (TPSA) is 102 Å². The number of hydrogen-bond donors (Lipinski definition) is 3. The second-order valence-corrected chi connectivity index (χ2v) is 5.21. The van der Waals surface area contributed by atoms with Crippen LogP contribution in [-0.4, -0.2) is 35.7 Å². The monoisotopic (exact) mass is 278 g/mol. The maximum atomic E-state index is 12.3. The lowest BCUT2D eigenvalue weighted by atomic mass is 9.89. The van der Waals surface area contributed by atoms with E-state index in [9.17, 15) is 14.7 Å². The Labute approximate surface area is 116 Å². The number of benzene rings is 1. The van der Waals surface area contributed by atoms with Gasteiger partial charge in [-0.05, 0) is 18.9 Å². The van der Waals surface area contributed by atoms with Crippen molar-refractivity contribution in [3.05, 3.63) is 35.9 Å². The van der Waals surface area contributed by atoms with Gasteiger partial charge in [-0.1, -0.05) is 30.3 Å². The van der Waals surface area contributed by atoms with E-state index in [1.165, 1.54) is 6.92 Å². The van der Waals surface area contributed by atoms with Gasteiger partial charge in [0, 0.05) is 6.61 Å². The van der Waals surface area contributed by atoms with E-state index in [2.05, 4.69) is 5.32 Å². The number of nitrogens with one attached hydrogen (secondary N) is 1. The van der Waals surface area contributed by atoms with Gasteiger partial charge in [0.25, 0.3) is 0 Å². The Hall–Kier alpha value is -1.92. The lowest BCUT2D eigenvalue weighted by Crippen LogP contribution is -2.61. The molecule has 6 heteroatoms. The quantitative estimate of drug-likeness (QED) is 0.731. The van der Waals surface area contributed by atoms with Gasteiger partial charge in [-0.15, -0.1) is 0 Å². The fourth-order valence-corrected chi connectivity index (χ4v) is 2.13. The summed E-state index contributed by atoms with van der Waals surface area (Å²) in [5.41, 5.74) is 3.77. The zero-order valence-corrected chi connectivity index (χ0v) is 11.3. The van der Waals surface area contributed by atoms with Gasteiger partial charge >= 0.3 is 5.97 Å². The van der Waals surface area contributed by atoms with Gasteiger partial charge in [0.2, 0.25) is 5.91 Å². The summed E-state index contributed by atoms with van der Waals surface area (Å²) in [6, 6.07) is 8.54. The highest BCUT2D eigenvalue weighted by molar-refractivity contribution is 5.92. The number of rotatable bonds is 4. The fourth-order valence-electron chi connectivity index (χ4n) is 2.13. The van der Waals surface area contributed by atoms with Crippen LogP contribution < -0.4 is 11.1 Å². The molecule has 1 saturated heterocycles. The normalized spacial score (nSPS) is 24.9. The van der Waals surface area contributed by atoms with Crippen LogP contribution in [0, 0.1) is 0 Å². The first-order chi connectivity index (χ1) is 9.38. The average molecular weight is 278 g/mol. The Morgan fingerprint density at radius 3 is 2.55 bits per heavy atom. The van der Waals surface area contributed by atoms with Crippen LogP contribution in [0.2, 0.25) is 0 Å². The molecule has 1 aromatic carbocycles. The molecule has 1 aromatic rings. The third-order valence-electron chi connectivity index (χ3n) is 3.65. The molecule has 2 rings (SSSR count). The maximum absolute atomic E-state index is 12.3. The Morgan fingerprint density at radius 2 is 2.05 bits per heavy atom. The minimum atomic E-state index is -1.52. The van der Waals surface area contributed by atoms with Crippen molar-refractivity contribution in [2.45, 2.75) is 24.4 Å². The van der Waals surface area contributed by atoms with Crippen molar-refractivity contribution in [3.8, 4) is 0 Å². The van der Waals surface area contributed by atoms with E-state index in [0.29, 0.717) is 18.6 Å². The first-order valence-electron chi connectivity index (χ1n) is 6.37. The summed E-state index contributed by atoms with van der Waals surface area (Å²) in [4.78, 5) is 23.9. The molecular weight excluding hydrogens is 260 g/mol. The van der Waals surface area contributed by atoms with Crippen molar-refractivity contribution in [1.29, 1.82) is 0 Å². The summed E-state index contributed by atoms with van der Waals surface area (Å²) in [5, 5.41) is 12.0. The smallest absolute Gasteiger partial charge is 0.333 e. The molecule has 1 amide bonds. The van der Waals surface area contributed by atoms with E-state index >= 15 is 0 Å². The molecule has 6 nitrogen and oxygen atoms in total. The van der Waals surface area contributed by atoms with Gasteiger partial charge in [0.05, 0.1) is 6.61 Å². The summed E-state index contributed by atoms with van der Waals surface area (Å²) < 4.78 is 5.13. The van der Waals surface area contributed by atoms with Crippen LogP contribution in [0.5, 0.6) is 0 Å². The fraction of sp³-hybridized carbons (Fsp3) is 0.429. The molecule has 0 saturated carbocycles. The van der Waals surface area contributed by atoms with Crippen LogP contribution >= 0.6 is 0 Å². The van der Waals surface area contributed by atoms with Crippen molar-refractivity contribution >= 4 is 11.9 Å². The minimum absolute atomic E-state index is 0.101. The third kappa shape index (κ3) is 2.52. The predicted octanol–water partition coefficient (Wildman–Crippen LogP) is 0.220. The molecule has 1 aliphatic rings. The second-order valence-electron chi connectivity index (χ2n) is 5.21. The number of carbonyl (C=O) groups excluding carboxylic acids is 1. The third-order valence-corrected chi connectivity index (χ3v) is 3.65. The largest absolute Gasteiger partial charge is 0.479 e. The highest BCUT2D eigenvalue weighted by atomic mass is 16.5. The molecule has 0 aromatic heterocycles. The van der Waals surface area contributed by atoms with Crippen LogP contribution in [0.3, 0.4) is 0 Å². The number of carbonyl (C=O) groups is 2. The lowest BCUT2D eigenvalue weighted by Gasteiger charge is -2.31. The van der Waals surface area contributed by atoms with E-state index in [1.54, 1.807) is 30.3 Å². The van der Waals surface area contributed by atoms with E-state index in [4.69, 9.17) is 10.5 Å². The molecule has 1 fully saturated rings. The molecule has 0 bridgehead atoms. The SMILES string of the molecule is CC(NC(=O)C1(N)CCOC1)(C(=O)O)c1ccccc1. The van der Waals surface area contributed by atoms with Crippen LogP contribution in [0.15, 0.2) is 30.3 Å². The molecule has 2 atom stereocenters. The number of aliphatic carboxylic acids is 1. The van der Waals surface area contributed by atoms with Gasteiger partial charge in [0.15, 0.2) is 5.54 Å². The van der Waals surface area contributed by atoms with Crippen LogP contribution in [0.4, 0.5) is 0 Å².